The lowest BCUT2D eigenvalue weighted by molar-refractivity contribution is -0.123. The Kier molecular flexibility index (Phi) is 3.85. The zero-order valence-corrected chi connectivity index (χ0v) is 13.8. The Labute approximate surface area is 147 Å². The van der Waals surface area contributed by atoms with Crippen molar-refractivity contribution in [3.63, 3.8) is 0 Å². The predicted octanol–water partition coefficient (Wildman–Crippen LogP) is 3.36. The number of fused-ring (bicyclic) bond motifs is 1. The summed E-state index contributed by atoms with van der Waals surface area (Å²) in [5.41, 5.74) is 1.44. The van der Waals surface area contributed by atoms with Crippen LogP contribution in [0.4, 0.5) is 4.79 Å². The van der Waals surface area contributed by atoms with Gasteiger partial charge in [-0.05, 0) is 53.2 Å². The molecule has 1 saturated heterocycles. The van der Waals surface area contributed by atoms with Crippen molar-refractivity contribution in [3.05, 3.63) is 58.5 Å². The first-order chi connectivity index (χ1) is 12.1. The Morgan fingerprint density at radius 3 is 2.80 bits per heavy atom. The second-order valence-electron chi connectivity index (χ2n) is 5.55. The molecule has 1 fully saturated rings. The smallest absolute Gasteiger partial charge is 0.293 e. The van der Waals surface area contributed by atoms with E-state index in [1.54, 1.807) is 42.5 Å². The van der Waals surface area contributed by atoms with E-state index in [1.165, 1.54) is 11.0 Å². The maximum Gasteiger partial charge on any atom is 0.293 e. The van der Waals surface area contributed by atoms with Crippen LogP contribution >= 0.6 is 11.8 Å². The molecule has 25 heavy (non-hydrogen) atoms. The summed E-state index contributed by atoms with van der Waals surface area (Å²) in [6, 6.07) is 11.8. The van der Waals surface area contributed by atoms with Gasteiger partial charge in [-0.15, -0.1) is 0 Å². The lowest BCUT2D eigenvalue weighted by Crippen LogP contribution is -2.27. The van der Waals surface area contributed by atoms with Gasteiger partial charge in [0, 0.05) is 0 Å². The summed E-state index contributed by atoms with van der Waals surface area (Å²) in [6.07, 6.45) is 1.60. The quantitative estimate of drug-likeness (QED) is 0.851. The fraction of sp³-hybridized carbons (Fsp3) is 0.111. The highest BCUT2D eigenvalue weighted by atomic mass is 32.2. The molecule has 0 aliphatic carbocycles. The number of carbonyl (C=O) groups is 2. The second kappa shape index (κ2) is 6.18. The van der Waals surface area contributed by atoms with Gasteiger partial charge in [0.25, 0.3) is 11.1 Å². The molecule has 0 spiro atoms. The molecule has 4 rings (SSSR count). The van der Waals surface area contributed by atoms with Crippen molar-refractivity contribution in [1.82, 2.24) is 4.90 Å². The van der Waals surface area contributed by atoms with Gasteiger partial charge in [0.2, 0.25) is 6.79 Å². The Morgan fingerprint density at radius 2 is 1.96 bits per heavy atom. The largest absolute Gasteiger partial charge is 0.508 e. The van der Waals surface area contributed by atoms with Crippen LogP contribution in [-0.2, 0) is 11.3 Å². The molecule has 0 bridgehead atoms. The predicted molar refractivity (Wildman–Crippen MR) is 92.2 cm³/mol. The van der Waals surface area contributed by atoms with Crippen molar-refractivity contribution in [2.24, 2.45) is 0 Å². The summed E-state index contributed by atoms with van der Waals surface area (Å²) in [4.78, 5) is 26.3. The van der Waals surface area contributed by atoms with Gasteiger partial charge >= 0.3 is 0 Å². The van der Waals surface area contributed by atoms with E-state index in [4.69, 9.17) is 9.47 Å². The summed E-state index contributed by atoms with van der Waals surface area (Å²) in [6.45, 7) is 0.339. The minimum absolute atomic E-state index is 0.105. The number of ether oxygens (including phenoxy) is 2. The lowest BCUT2D eigenvalue weighted by Gasteiger charge is -2.12. The number of phenolic OH excluding ortho intramolecular Hbond substituents is 1. The average Bonchev–Trinajstić information content (AvgIpc) is 3.15. The van der Waals surface area contributed by atoms with Crippen LogP contribution in [0, 0.1) is 0 Å². The van der Waals surface area contributed by atoms with Crippen molar-refractivity contribution in [3.8, 4) is 17.2 Å². The number of hydrogen-bond acceptors (Lipinski definition) is 6. The number of nitrogens with zero attached hydrogens (tertiary/aromatic N) is 1. The molecule has 1 N–H and O–H groups in total. The number of amides is 2. The van der Waals surface area contributed by atoms with Gasteiger partial charge in [-0.1, -0.05) is 18.2 Å². The van der Waals surface area contributed by atoms with Gasteiger partial charge < -0.3 is 14.6 Å². The van der Waals surface area contributed by atoms with Crippen molar-refractivity contribution in [2.75, 3.05) is 6.79 Å². The monoisotopic (exact) mass is 355 g/mol. The SMILES string of the molecule is O=C1SC(=Cc2cccc(O)c2)C(=O)N1Cc1ccc2c(c1)OCO2. The molecule has 126 valence electrons. The molecular formula is C18H13NO5S. The summed E-state index contributed by atoms with van der Waals surface area (Å²) in [5.74, 6) is 1.02. The van der Waals surface area contributed by atoms with Crippen molar-refractivity contribution < 1.29 is 24.2 Å². The van der Waals surface area contributed by atoms with Crippen LogP contribution in [0.25, 0.3) is 6.08 Å². The molecular weight excluding hydrogens is 342 g/mol. The molecule has 2 aliphatic heterocycles. The highest BCUT2D eigenvalue weighted by Gasteiger charge is 2.35. The Bertz CT molecular complexity index is 908. The van der Waals surface area contributed by atoms with E-state index in [0.717, 1.165) is 17.3 Å². The standard InChI is InChI=1S/C18H13NO5S/c20-13-3-1-2-11(6-13)8-16-17(21)19(18(22)25-16)9-12-4-5-14-15(7-12)24-10-23-14/h1-8,20H,9-10H2. The Balaban J connectivity index is 1.55. The third-order valence-corrected chi connectivity index (χ3v) is 4.73. The highest BCUT2D eigenvalue weighted by Crippen LogP contribution is 2.36. The minimum atomic E-state index is -0.351. The number of carbonyl (C=O) groups excluding carboxylic acids is 2. The number of phenols is 1. The molecule has 2 amide bonds. The zero-order chi connectivity index (χ0) is 17.4. The average molecular weight is 355 g/mol. The molecule has 2 aliphatic rings. The molecule has 6 nitrogen and oxygen atoms in total. The summed E-state index contributed by atoms with van der Waals surface area (Å²) in [5, 5.41) is 9.18. The maximum absolute atomic E-state index is 12.5. The lowest BCUT2D eigenvalue weighted by atomic mass is 10.1. The van der Waals surface area contributed by atoms with E-state index >= 15 is 0 Å². The van der Waals surface area contributed by atoms with Gasteiger partial charge in [0.05, 0.1) is 11.4 Å². The first kappa shape index (κ1) is 15.6. The van der Waals surface area contributed by atoms with Gasteiger partial charge in [-0.2, -0.15) is 0 Å². The minimum Gasteiger partial charge on any atom is -0.508 e. The molecule has 2 heterocycles. The number of rotatable bonds is 3. The summed E-state index contributed by atoms with van der Waals surface area (Å²) in [7, 11) is 0. The third kappa shape index (κ3) is 3.06. The van der Waals surface area contributed by atoms with E-state index < -0.39 is 0 Å². The molecule has 0 aromatic heterocycles. The van der Waals surface area contributed by atoms with Gasteiger partial charge in [0.15, 0.2) is 11.5 Å². The van der Waals surface area contributed by atoms with Crippen LogP contribution in [0.3, 0.4) is 0 Å². The fourth-order valence-corrected chi connectivity index (χ4v) is 3.46. The molecule has 0 saturated carbocycles. The first-order valence-corrected chi connectivity index (χ1v) is 8.35. The van der Waals surface area contributed by atoms with Gasteiger partial charge in [-0.25, -0.2) is 0 Å². The van der Waals surface area contributed by atoms with E-state index in [2.05, 4.69) is 0 Å². The van der Waals surface area contributed by atoms with Gasteiger partial charge in [0.1, 0.15) is 5.75 Å². The topological polar surface area (TPSA) is 76.1 Å². The molecule has 0 unspecified atom stereocenters. The zero-order valence-electron chi connectivity index (χ0n) is 13.0. The van der Waals surface area contributed by atoms with Crippen LogP contribution < -0.4 is 9.47 Å². The van der Waals surface area contributed by atoms with Gasteiger partial charge in [-0.3, -0.25) is 14.5 Å². The van der Waals surface area contributed by atoms with E-state index in [0.29, 0.717) is 22.0 Å². The molecule has 2 aromatic carbocycles. The summed E-state index contributed by atoms with van der Waals surface area (Å²) >= 11 is 0.888. The number of benzene rings is 2. The number of aromatic hydroxyl groups is 1. The van der Waals surface area contributed by atoms with Crippen molar-refractivity contribution in [2.45, 2.75) is 6.54 Å². The van der Waals surface area contributed by atoms with E-state index in [1.807, 2.05) is 0 Å². The number of imide groups is 1. The normalized spacial score (nSPS) is 17.6. The molecule has 7 heteroatoms. The van der Waals surface area contributed by atoms with E-state index in [9.17, 15) is 14.7 Å². The van der Waals surface area contributed by atoms with Crippen LogP contribution in [0.2, 0.25) is 0 Å². The van der Waals surface area contributed by atoms with Crippen molar-refractivity contribution >= 4 is 29.0 Å². The number of hydrogen-bond donors (Lipinski definition) is 1. The van der Waals surface area contributed by atoms with E-state index in [-0.39, 0.29) is 30.2 Å². The van der Waals surface area contributed by atoms with Crippen LogP contribution in [0.15, 0.2) is 47.4 Å². The van der Waals surface area contributed by atoms with Crippen LogP contribution in [0.1, 0.15) is 11.1 Å². The highest BCUT2D eigenvalue weighted by molar-refractivity contribution is 8.18. The maximum atomic E-state index is 12.5. The number of thioether (sulfide) groups is 1. The Hall–Kier alpha value is -2.93. The molecule has 2 aromatic rings. The van der Waals surface area contributed by atoms with Crippen molar-refractivity contribution in [1.29, 1.82) is 0 Å². The third-order valence-electron chi connectivity index (χ3n) is 3.82. The van der Waals surface area contributed by atoms with Crippen LogP contribution in [0.5, 0.6) is 17.2 Å². The fourth-order valence-electron chi connectivity index (χ4n) is 2.62. The van der Waals surface area contributed by atoms with Crippen LogP contribution in [-0.4, -0.2) is 27.9 Å². The summed E-state index contributed by atoms with van der Waals surface area (Å²) < 4.78 is 10.6. The first-order valence-electron chi connectivity index (χ1n) is 7.53. The molecule has 0 atom stereocenters. The Morgan fingerprint density at radius 1 is 1.12 bits per heavy atom. The second-order valence-corrected chi connectivity index (χ2v) is 6.54. The molecule has 0 radical (unpaired) electrons.